The number of ether oxygens (including phenoxy) is 1. The average molecular weight is 322 g/mol. The van der Waals surface area contributed by atoms with E-state index < -0.39 is 5.60 Å². The van der Waals surface area contributed by atoms with Gasteiger partial charge in [0, 0.05) is 32.5 Å². The summed E-state index contributed by atoms with van der Waals surface area (Å²) in [6.45, 7) is 2.33. The van der Waals surface area contributed by atoms with Gasteiger partial charge in [-0.05, 0) is 11.1 Å². The molecule has 0 saturated carbocycles. The van der Waals surface area contributed by atoms with Crippen molar-refractivity contribution < 1.29 is 9.53 Å². The average Bonchev–Trinajstić information content (AvgIpc) is 2.89. The number of amides is 1. The van der Waals surface area contributed by atoms with Crippen LogP contribution >= 0.6 is 0 Å². The number of carbonyl (C=O) groups excluding carboxylic acids is 1. The van der Waals surface area contributed by atoms with Crippen molar-refractivity contribution in [3.63, 3.8) is 0 Å². The first-order chi connectivity index (χ1) is 11.8. The number of cyclic esters (lactones) is 1. The van der Waals surface area contributed by atoms with E-state index in [1.165, 1.54) is 11.1 Å². The lowest BCUT2D eigenvalue weighted by Gasteiger charge is -2.38. The maximum absolute atomic E-state index is 12.5. The molecule has 2 aliphatic heterocycles. The predicted molar refractivity (Wildman–Crippen MR) is 92.9 cm³/mol. The third-order valence-electron chi connectivity index (χ3n) is 5.07. The molecule has 1 N–H and O–H groups in total. The number of hydrogen-bond donors (Lipinski definition) is 1. The van der Waals surface area contributed by atoms with Crippen molar-refractivity contribution in [3.8, 4) is 0 Å². The maximum Gasteiger partial charge on any atom is 0.410 e. The molecule has 2 saturated heterocycles. The lowest BCUT2D eigenvalue weighted by Crippen LogP contribution is -2.58. The number of fused-ring (bicyclic) bond motifs is 1. The van der Waals surface area contributed by atoms with Gasteiger partial charge in [-0.25, -0.2) is 4.79 Å². The molecule has 4 heteroatoms. The summed E-state index contributed by atoms with van der Waals surface area (Å²) >= 11 is 0. The Morgan fingerprint density at radius 3 is 2.17 bits per heavy atom. The van der Waals surface area contributed by atoms with Crippen molar-refractivity contribution in [3.05, 3.63) is 71.8 Å². The van der Waals surface area contributed by atoms with E-state index in [2.05, 4.69) is 29.6 Å². The van der Waals surface area contributed by atoms with Gasteiger partial charge in [0.05, 0.1) is 6.04 Å². The van der Waals surface area contributed by atoms with Crippen LogP contribution in [0.3, 0.4) is 0 Å². The monoisotopic (exact) mass is 322 g/mol. The van der Waals surface area contributed by atoms with Crippen molar-refractivity contribution in [2.24, 2.45) is 0 Å². The second kappa shape index (κ2) is 6.29. The third kappa shape index (κ3) is 2.78. The van der Waals surface area contributed by atoms with Crippen molar-refractivity contribution in [2.45, 2.75) is 24.5 Å². The van der Waals surface area contributed by atoms with Gasteiger partial charge < -0.3 is 10.1 Å². The summed E-state index contributed by atoms with van der Waals surface area (Å²) in [5.41, 5.74) is 1.88. The van der Waals surface area contributed by atoms with Gasteiger partial charge in [0.25, 0.3) is 0 Å². The van der Waals surface area contributed by atoms with Gasteiger partial charge in [-0.1, -0.05) is 60.7 Å². The zero-order chi connectivity index (χ0) is 16.4. The third-order valence-corrected chi connectivity index (χ3v) is 5.07. The lowest BCUT2D eigenvalue weighted by molar-refractivity contribution is 0.0322. The van der Waals surface area contributed by atoms with E-state index in [-0.39, 0.29) is 12.1 Å². The Kier molecular flexibility index (Phi) is 3.98. The van der Waals surface area contributed by atoms with Gasteiger partial charge in [-0.3, -0.25) is 4.90 Å². The van der Waals surface area contributed by atoms with Crippen LogP contribution in [-0.4, -0.2) is 42.3 Å². The van der Waals surface area contributed by atoms with E-state index in [0.29, 0.717) is 0 Å². The number of nitrogens with one attached hydrogen (secondary N) is 1. The molecule has 2 aromatic carbocycles. The molecule has 124 valence electrons. The smallest absolute Gasteiger partial charge is 0.410 e. The van der Waals surface area contributed by atoms with Gasteiger partial charge in [0.1, 0.15) is 5.60 Å². The van der Waals surface area contributed by atoms with Crippen molar-refractivity contribution in [1.29, 1.82) is 0 Å². The fraction of sp³-hybridized carbons (Fsp3) is 0.350. The van der Waals surface area contributed by atoms with Gasteiger partial charge in [0.2, 0.25) is 0 Å². The minimum absolute atomic E-state index is 0.0687. The lowest BCUT2D eigenvalue weighted by atomic mass is 9.81. The molecule has 2 aromatic rings. The highest BCUT2D eigenvalue weighted by Crippen LogP contribution is 2.37. The number of rotatable bonds is 4. The maximum atomic E-state index is 12.5. The Morgan fingerprint density at radius 2 is 1.58 bits per heavy atom. The van der Waals surface area contributed by atoms with Crippen LogP contribution in [0.25, 0.3) is 0 Å². The highest BCUT2D eigenvalue weighted by molar-refractivity contribution is 5.72. The van der Waals surface area contributed by atoms with Gasteiger partial charge in [-0.15, -0.1) is 0 Å². The summed E-state index contributed by atoms with van der Waals surface area (Å²) in [6.07, 6.45) is 1.29. The predicted octanol–water partition coefficient (Wildman–Crippen LogP) is 2.63. The van der Waals surface area contributed by atoms with Crippen molar-refractivity contribution in [2.75, 3.05) is 19.6 Å². The highest BCUT2D eigenvalue weighted by Gasteiger charge is 2.54. The molecule has 1 unspecified atom stereocenters. The van der Waals surface area contributed by atoms with Crippen LogP contribution in [0.1, 0.15) is 11.1 Å². The Bertz CT molecular complexity index is 661. The molecule has 2 heterocycles. The molecule has 2 fully saturated rings. The summed E-state index contributed by atoms with van der Waals surface area (Å²) < 4.78 is 6.05. The number of piperazine rings is 1. The van der Waals surface area contributed by atoms with Crippen LogP contribution in [0.4, 0.5) is 4.79 Å². The molecule has 0 radical (unpaired) electrons. The Balaban J connectivity index is 1.70. The molecule has 0 spiro atoms. The van der Waals surface area contributed by atoms with Crippen LogP contribution in [0.15, 0.2) is 60.7 Å². The van der Waals surface area contributed by atoms with E-state index >= 15 is 0 Å². The topological polar surface area (TPSA) is 41.6 Å². The minimum Gasteiger partial charge on any atom is -0.440 e. The molecule has 0 bridgehead atoms. The van der Waals surface area contributed by atoms with Crippen LogP contribution in [0.2, 0.25) is 0 Å². The number of hydrogen-bond acceptors (Lipinski definition) is 3. The Morgan fingerprint density at radius 1 is 1.00 bits per heavy atom. The quantitative estimate of drug-likeness (QED) is 0.941. The van der Waals surface area contributed by atoms with E-state index in [0.717, 1.165) is 32.5 Å². The fourth-order valence-electron chi connectivity index (χ4n) is 3.95. The molecule has 0 aromatic heterocycles. The summed E-state index contributed by atoms with van der Waals surface area (Å²) in [4.78, 5) is 14.4. The molecular formula is C20H22N2O2. The first-order valence-corrected chi connectivity index (χ1v) is 8.55. The summed E-state index contributed by atoms with van der Waals surface area (Å²) in [7, 11) is 0. The fourth-order valence-corrected chi connectivity index (χ4v) is 3.95. The zero-order valence-corrected chi connectivity index (χ0v) is 13.7. The summed E-state index contributed by atoms with van der Waals surface area (Å²) in [5, 5.41) is 3.43. The molecule has 1 amide bonds. The first kappa shape index (κ1) is 15.2. The van der Waals surface area contributed by atoms with Gasteiger partial charge in [0.15, 0.2) is 0 Å². The van der Waals surface area contributed by atoms with Gasteiger partial charge >= 0.3 is 6.09 Å². The zero-order valence-electron chi connectivity index (χ0n) is 13.7. The summed E-state index contributed by atoms with van der Waals surface area (Å²) in [6, 6.07) is 20.7. The van der Waals surface area contributed by atoms with E-state index in [4.69, 9.17) is 4.74 Å². The molecule has 24 heavy (non-hydrogen) atoms. The number of benzene rings is 2. The number of carbonyl (C=O) groups is 1. The van der Waals surface area contributed by atoms with Crippen LogP contribution in [0.5, 0.6) is 0 Å². The first-order valence-electron chi connectivity index (χ1n) is 8.55. The molecule has 1 atom stereocenters. The van der Waals surface area contributed by atoms with E-state index in [1.54, 1.807) is 0 Å². The van der Waals surface area contributed by atoms with Crippen LogP contribution in [0, 0.1) is 0 Å². The normalized spacial score (nSPS) is 22.1. The molecule has 2 aliphatic rings. The largest absolute Gasteiger partial charge is 0.440 e. The SMILES string of the molecule is O=C1OC(Cc2ccccc2)(Cc2ccccc2)C2CNCCN12. The van der Waals surface area contributed by atoms with Crippen molar-refractivity contribution >= 4 is 6.09 Å². The molecule has 4 rings (SSSR count). The van der Waals surface area contributed by atoms with Gasteiger partial charge in [-0.2, -0.15) is 0 Å². The van der Waals surface area contributed by atoms with Crippen LogP contribution in [-0.2, 0) is 17.6 Å². The standard InChI is InChI=1S/C20H22N2O2/c23-19-22-12-11-21-15-18(22)20(24-19,13-16-7-3-1-4-8-16)14-17-9-5-2-6-10-17/h1-10,18,21H,11-15H2. The highest BCUT2D eigenvalue weighted by atomic mass is 16.6. The second-order valence-corrected chi connectivity index (χ2v) is 6.67. The van der Waals surface area contributed by atoms with E-state index in [1.807, 2.05) is 41.3 Å². The van der Waals surface area contributed by atoms with Crippen molar-refractivity contribution in [1.82, 2.24) is 10.2 Å². The molecule has 0 aliphatic carbocycles. The number of nitrogens with zero attached hydrogens (tertiary/aromatic N) is 1. The Labute approximate surface area is 142 Å². The second-order valence-electron chi connectivity index (χ2n) is 6.67. The molecular weight excluding hydrogens is 300 g/mol. The van der Waals surface area contributed by atoms with E-state index in [9.17, 15) is 4.79 Å². The van der Waals surface area contributed by atoms with Crippen LogP contribution < -0.4 is 5.32 Å². The minimum atomic E-state index is -0.521. The summed E-state index contributed by atoms with van der Waals surface area (Å²) in [5.74, 6) is 0. The molecule has 4 nitrogen and oxygen atoms in total. The Hall–Kier alpha value is -2.33.